The van der Waals surface area contributed by atoms with E-state index in [0.717, 1.165) is 34.7 Å². The molecular weight excluding hydrogens is 412 g/mol. The first-order valence-electron chi connectivity index (χ1n) is 9.74. The van der Waals surface area contributed by atoms with Crippen molar-refractivity contribution < 1.29 is 9.90 Å². The number of nitrogens with zero attached hydrogens (tertiary/aromatic N) is 4. The summed E-state index contributed by atoms with van der Waals surface area (Å²) in [4.78, 5) is 23.4. The third-order valence-corrected chi connectivity index (χ3v) is 5.67. The molecule has 0 unspecified atom stereocenters. The van der Waals surface area contributed by atoms with E-state index in [1.54, 1.807) is 24.4 Å². The van der Waals surface area contributed by atoms with Gasteiger partial charge >= 0.3 is 5.97 Å². The van der Waals surface area contributed by atoms with Crippen molar-refractivity contribution in [3.05, 3.63) is 52.5 Å². The van der Waals surface area contributed by atoms with Crippen molar-refractivity contribution in [1.82, 2.24) is 14.9 Å². The van der Waals surface area contributed by atoms with Gasteiger partial charge < -0.3 is 20.6 Å². The fourth-order valence-electron chi connectivity index (χ4n) is 2.91. The van der Waals surface area contributed by atoms with Gasteiger partial charge in [0.15, 0.2) is 0 Å². The number of hydrogen-bond donors (Lipinski definition) is 3. The number of hydrogen-bond acceptors (Lipinski definition) is 8. The first-order chi connectivity index (χ1) is 14.9. The number of carboxylic acids is 1. The number of nitrogens with one attached hydrogen (secondary N) is 2. The van der Waals surface area contributed by atoms with Crippen LogP contribution < -0.4 is 10.6 Å². The van der Waals surface area contributed by atoms with Crippen LogP contribution >= 0.6 is 11.3 Å². The molecule has 0 saturated heterocycles. The number of aromatic nitrogens is 2. The summed E-state index contributed by atoms with van der Waals surface area (Å²) < 4.78 is 0. The standard InChI is InChI=1S/C22H24N6O2S/c1-14-5-6-16(11-15(14)12-23)26-22-25-13-17(18-7-8-19(31-18)21(29)30)20(27-22)24-9-4-10-28(2)3/h5-8,11,13H,4,9-10H2,1-3H3,(H,29,30)(H2,24,25,26,27). The molecule has 2 heterocycles. The summed E-state index contributed by atoms with van der Waals surface area (Å²) >= 11 is 1.18. The van der Waals surface area contributed by atoms with Crippen LogP contribution in [0.5, 0.6) is 0 Å². The summed E-state index contributed by atoms with van der Waals surface area (Å²) in [5.74, 6) is 0.0629. The smallest absolute Gasteiger partial charge is 0.345 e. The van der Waals surface area contributed by atoms with Gasteiger partial charge in [-0.05, 0) is 63.8 Å². The van der Waals surface area contributed by atoms with Crippen LogP contribution in [0.4, 0.5) is 17.5 Å². The van der Waals surface area contributed by atoms with E-state index in [1.807, 2.05) is 33.2 Å². The Bertz CT molecular complexity index is 1120. The lowest BCUT2D eigenvalue weighted by Gasteiger charge is -2.14. The van der Waals surface area contributed by atoms with Gasteiger partial charge in [0.05, 0.1) is 17.2 Å². The van der Waals surface area contributed by atoms with Gasteiger partial charge in [0.2, 0.25) is 5.95 Å². The van der Waals surface area contributed by atoms with E-state index in [4.69, 9.17) is 0 Å². The molecule has 8 nitrogen and oxygen atoms in total. The second-order valence-electron chi connectivity index (χ2n) is 7.28. The van der Waals surface area contributed by atoms with E-state index >= 15 is 0 Å². The van der Waals surface area contributed by atoms with Crippen molar-refractivity contribution in [2.45, 2.75) is 13.3 Å². The maximum Gasteiger partial charge on any atom is 0.345 e. The molecule has 0 radical (unpaired) electrons. The minimum absolute atomic E-state index is 0.263. The highest BCUT2D eigenvalue weighted by atomic mass is 32.1. The van der Waals surface area contributed by atoms with E-state index in [2.05, 4.69) is 31.6 Å². The topological polar surface area (TPSA) is 114 Å². The third-order valence-electron chi connectivity index (χ3n) is 4.56. The zero-order valence-corrected chi connectivity index (χ0v) is 18.5. The molecule has 0 saturated carbocycles. The highest BCUT2D eigenvalue weighted by Crippen LogP contribution is 2.33. The molecular formula is C22H24N6O2S. The van der Waals surface area contributed by atoms with E-state index in [-0.39, 0.29) is 4.88 Å². The normalized spacial score (nSPS) is 10.7. The van der Waals surface area contributed by atoms with Gasteiger partial charge in [0.1, 0.15) is 10.7 Å². The molecule has 9 heteroatoms. The molecule has 3 aromatic rings. The molecule has 0 fully saturated rings. The van der Waals surface area contributed by atoms with Crippen molar-refractivity contribution in [3.8, 4) is 16.5 Å². The number of benzene rings is 1. The Balaban J connectivity index is 1.88. The first kappa shape index (κ1) is 22.2. The van der Waals surface area contributed by atoms with Crippen LogP contribution in [-0.4, -0.2) is 53.1 Å². The molecule has 0 atom stereocenters. The average molecular weight is 437 g/mol. The Hall–Kier alpha value is -3.48. The Morgan fingerprint density at radius 3 is 2.77 bits per heavy atom. The summed E-state index contributed by atoms with van der Waals surface area (Å²) in [6, 6.07) is 11.0. The predicted octanol–water partition coefficient (Wildman–Crippen LogP) is 4.19. The molecule has 31 heavy (non-hydrogen) atoms. The molecule has 0 spiro atoms. The molecule has 2 aromatic heterocycles. The van der Waals surface area contributed by atoms with Crippen molar-refractivity contribution >= 4 is 34.8 Å². The van der Waals surface area contributed by atoms with Crippen LogP contribution in [0.1, 0.15) is 27.2 Å². The monoisotopic (exact) mass is 436 g/mol. The van der Waals surface area contributed by atoms with Crippen molar-refractivity contribution in [2.75, 3.05) is 37.8 Å². The first-order valence-corrected chi connectivity index (χ1v) is 10.6. The maximum atomic E-state index is 11.3. The van der Waals surface area contributed by atoms with Gasteiger partial charge in [0, 0.05) is 23.3 Å². The molecule has 0 aliphatic rings. The molecule has 3 N–H and O–H groups in total. The second-order valence-corrected chi connectivity index (χ2v) is 8.36. The highest BCUT2D eigenvalue weighted by molar-refractivity contribution is 7.17. The van der Waals surface area contributed by atoms with Crippen molar-refractivity contribution in [1.29, 1.82) is 5.26 Å². The summed E-state index contributed by atoms with van der Waals surface area (Å²) in [5, 5.41) is 25.0. The zero-order valence-electron chi connectivity index (χ0n) is 17.6. The Morgan fingerprint density at radius 2 is 2.10 bits per heavy atom. The third kappa shape index (κ3) is 5.78. The lowest BCUT2D eigenvalue weighted by atomic mass is 10.1. The fraction of sp³-hybridized carbons (Fsp3) is 0.273. The second kappa shape index (κ2) is 10.0. The SMILES string of the molecule is Cc1ccc(Nc2ncc(-c3ccc(C(=O)O)s3)c(NCCCN(C)C)n2)cc1C#N. The molecule has 0 amide bonds. The van der Waals surface area contributed by atoms with E-state index in [9.17, 15) is 15.2 Å². The number of aromatic carboxylic acids is 1. The van der Waals surface area contributed by atoms with Crippen molar-refractivity contribution in [3.63, 3.8) is 0 Å². The Morgan fingerprint density at radius 1 is 1.29 bits per heavy atom. The van der Waals surface area contributed by atoms with Crippen LogP contribution in [0.3, 0.4) is 0 Å². The number of rotatable bonds is 9. The van der Waals surface area contributed by atoms with E-state index in [0.29, 0.717) is 23.9 Å². The van der Waals surface area contributed by atoms with E-state index in [1.165, 1.54) is 11.3 Å². The number of anilines is 3. The Labute approximate surface area is 185 Å². The number of aryl methyl sites for hydroxylation is 1. The summed E-state index contributed by atoms with van der Waals surface area (Å²) in [5.41, 5.74) is 2.95. The zero-order chi connectivity index (χ0) is 22.4. The van der Waals surface area contributed by atoms with Crippen LogP contribution in [0, 0.1) is 18.3 Å². The van der Waals surface area contributed by atoms with Gasteiger partial charge in [0.25, 0.3) is 0 Å². The van der Waals surface area contributed by atoms with Gasteiger partial charge in [-0.3, -0.25) is 0 Å². The summed E-state index contributed by atoms with van der Waals surface area (Å²) in [7, 11) is 4.04. The molecule has 0 aliphatic heterocycles. The van der Waals surface area contributed by atoms with Gasteiger partial charge in [-0.15, -0.1) is 11.3 Å². The van der Waals surface area contributed by atoms with Crippen LogP contribution in [0.2, 0.25) is 0 Å². The maximum absolute atomic E-state index is 11.3. The van der Waals surface area contributed by atoms with Gasteiger partial charge in [-0.25, -0.2) is 9.78 Å². The predicted molar refractivity (Wildman–Crippen MR) is 123 cm³/mol. The van der Waals surface area contributed by atoms with Gasteiger partial charge in [-0.2, -0.15) is 10.2 Å². The van der Waals surface area contributed by atoms with Gasteiger partial charge in [-0.1, -0.05) is 6.07 Å². The largest absolute Gasteiger partial charge is 0.477 e. The minimum Gasteiger partial charge on any atom is -0.477 e. The van der Waals surface area contributed by atoms with Crippen molar-refractivity contribution in [2.24, 2.45) is 0 Å². The lowest BCUT2D eigenvalue weighted by molar-refractivity contribution is 0.0702. The number of carbonyl (C=O) groups is 1. The highest BCUT2D eigenvalue weighted by Gasteiger charge is 2.14. The van der Waals surface area contributed by atoms with E-state index < -0.39 is 5.97 Å². The fourth-order valence-corrected chi connectivity index (χ4v) is 3.76. The van der Waals surface area contributed by atoms with Crippen LogP contribution in [-0.2, 0) is 0 Å². The number of thiophene rings is 1. The van der Waals surface area contributed by atoms with Crippen LogP contribution in [0.15, 0.2) is 36.5 Å². The lowest BCUT2D eigenvalue weighted by Crippen LogP contribution is -2.17. The number of nitriles is 1. The average Bonchev–Trinajstić information content (AvgIpc) is 3.23. The quantitative estimate of drug-likeness (QED) is 0.428. The molecule has 0 aliphatic carbocycles. The Kier molecular flexibility index (Phi) is 7.18. The minimum atomic E-state index is -0.955. The summed E-state index contributed by atoms with van der Waals surface area (Å²) in [6.45, 7) is 3.53. The summed E-state index contributed by atoms with van der Waals surface area (Å²) in [6.07, 6.45) is 2.61. The molecule has 3 rings (SSSR count). The molecule has 0 bridgehead atoms. The molecule has 1 aromatic carbocycles. The van der Waals surface area contributed by atoms with Crippen LogP contribution in [0.25, 0.3) is 10.4 Å². The molecule has 160 valence electrons. The number of carboxylic acid groups (broad SMARTS) is 1.